The summed E-state index contributed by atoms with van der Waals surface area (Å²) in [4.78, 5) is 0. The van der Waals surface area contributed by atoms with Crippen molar-refractivity contribution in [3.8, 4) is 5.75 Å². The molecule has 126 valence electrons. The molecule has 0 fully saturated rings. The first-order valence-corrected chi connectivity index (χ1v) is 9.54. The highest BCUT2D eigenvalue weighted by molar-refractivity contribution is 7.85. The molecule has 0 unspecified atom stereocenters. The third kappa shape index (κ3) is 7.27. The van der Waals surface area contributed by atoms with Gasteiger partial charge in [0.25, 0.3) is 10.1 Å². The molecule has 1 aromatic rings. The smallest absolute Gasteiger partial charge is 0.264 e. The Labute approximate surface area is 134 Å². The average molecular weight is 328 g/mol. The standard InChI is InChI=1S/C17H28O4S/c1-4-5-6-12-17(2,3)15-8-10-16(11-9-15)21-13-7-14-22(18,19)20/h8-11H,4-7,12-14H2,1-3H3,(H,18,19,20). The lowest BCUT2D eigenvalue weighted by atomic mass is 9.80. The Morgan fingerprint density at radius 1 is 1.09 bits per heavy atom. The molecule has 5 heteroatoms. The number of unbranched alkanes of at least 4 members (excludes halogenated alkanes) is 2. The Morgan fingerprint density at radius 3 is 2.27 bits per heavy atom. The Morgan fingerprint density at radius 2 is 1.73 bits per heavy atom. The van der Waals surface area contributed by atoms with Gasteiger partial charge in [-0.25, -0.2) is 0 Å². The minimum atomic E-state index is -3.90. The van der Waals surface area contributed by atoms with Crippen molar-refractivity contribution in [1.82, 2.24) is 0 Å². The first-order chi connectivity index (χ1) is 10.2. The number of hydrogen-bond acceptors (Lipinski definition) is 3. The van der Waals surface area contributed by atoms with E-state index in [1.165, 1.54) is 24.8 Å². The SMILES string of the molecule is CCCCCC(C)(C)c1ccc(OCCCS(=O)(=O)O)cc1. The Balaban J connectivity index is 2.48. The molecule has 1 rings (SSSR count). The fourth-order valence-corrected chi connectivity index (χ4v) is 2.88. The molecule has 0 bridgehead atoms. The summed E-state index contributed by atoms with van der Waals surface area (Å²) in [6.45, 7) is 7.00. The van der Waals surface area contributed by atoms with E-state index in [4.69, 9.17) is 9.29 Å². The maximum Gasteiger partial charge on any atom is 0.264 e. The third-order valence-electron chi connectivity index (χ3n) is 3.86. The van der Waals surface area contributed by atoms with E-state index in [9.17, 15) is 8.42 Å². The molecule has 0 aromatic heterocycles. The fourth-order valence-electron chi connectivity index (χ4n) is 2.39. The van der Waals surface area contributed by atoms with E-state index in [0.717, 1.165) is 12.2 Å². The van der Waals surface area contributed by atoms with Crippen molar-refractivity contribution in [2.24, 2.45) is 0 Å². The van der Waals surface area contributed by atoms with E-state index in [1.807, 2.05) is 12.1 Å². The summed E-state index contributed by atoms with van der Waals surface area (Å²) in [5.74, 6) is 0.457. The molecule has 0 saturated heterocycles. The molecule has 0 radical (unpaired) electrons. The van der Waals surface area contributed by atoms with Crippen molar-refractivity contribution in [2.75, 3.05) is 12.4 Å². The van der Waals surface area contributed by atoms with Gasteiger partial charge in [-0.1, -0.05) is 52.2 Å². The van der Waals surface area contributed by atoms with Crippen molar-refractivity contribution < 1.29 is 17.7 Å². The zero-order valence-electron chi connectivity index (χ0n) is 13.8. The van der Waals surface area contributed by atoms with Crippen molar-refractivity contribution >= 4 is 10.1 Å². The van der Waals surface area contributed by atoms with E-state index in [-0.39, 0.29) is 24.2 Å². The van der Waals surface area contributed by atoms with Crippen LogP contribution in [0.25, 0.3) is 0 Å². The Kier molecular flexibility index (Phi) is 7.36. The van der Waals surface area contributed by atoms with Gasteiger partial charge in [-0.15, -0.1) is 0 Å². The van der Waals surface area contributed by atoms with E-state index in [2.05, 4.69) is 32.9 Å². The lowest BCUT2D eigenvalue weighted by Crippen LogP contribution is -2.16. The highest BCUT2D eigenvalue weighted by Crippen LogP contribution is 2.30. The van der Waals surface area contributed by atoms with E-state index in [1.54, 1.807) is 0 Å². The molecule has 1 N–H and O–H groups in total. The van der Waals surface area contributed by atoms with Crippen LogP contribution < -0.4 is 4.74 Å². The zero-order chi connectivity index (χ0) is 16.6. The normalized spacial score (nSPS) is 12.4. The van der Waals surface area contributed by atoms with E-state index < -0.39 is 10.1 Å². The molecule has 22 heavy (non-hydrogen) atoms. The molecule has 0 amide bonds. The monoisotopic (exact) mass is 328 g/mol. The highest BCUT2D eigenvalue weighted by Gasteiger charge is 2.19. The summed E-state index contributed by atoms with van der Waals surface area (Å²) < 4.78 is 35.3. The number of ether oxygens (including phenoxy) is 1. The molecule has 0 heterocycles. The molecule has 0 atom stereocenters. The Bertz CT molecular complexity index is 532. The predicted octanol–water partition coefficient (Wildman–Crippen LogP) is 4.20. The third-order valence-corrected chi connectivity index (χ3v) is 4.66. The van der Waals surface area contributed by atoms with Crippen LogP contribution in [0.3, 0.4) is 0 Å². The molecule has 1 aromatic carbocycles. The fraction of sp³-hybridized carbons (Fsp3) is 0.647. The van der Waals surface area contributed by atoms with Crippen LogP contribution in [0.5, 0.6) is 5.75 Å². The van der Waals surface area contributed by atoms with Crippen LogP contribution in [-0.4, -0.2) is 25.3 Å². The molecule has 4 nitrogen and oxygen atoms in total. The second-order valence-corrected chi connectivity index (χ2v) is 7.93. The van der Waals surface area contributed by atoms with Crippen molar-refractivity contribution in [3.05, 3.63) is 29.8 Å². The summed E-state index contributed by atoms with van der Waals surface area (Å²) in [5.41, 5.74) is 1.44. The van der Waals surface area contributed by atoms with Gasteiger partial charge in [0.1, 0.15) is 5.75 Å². The summed E-state index contributed by atoms with van der Waals surface area (Å²) in [6.07, 6.45) is 5.17. The quantitative estimate of drug-likeness (QED) is 0.516. The lowest BCUT2D eigenvalue weighted by Gasteiger charge is -2.25. The summed E-state index contributed by atoms with van der Waals surface area (Å²) in [7, 11) is -3.90. The van der Waals surface area contributed by atoms with Crippen molar-refractivity contribution in [3.63, 3.8) is 0 Å². The summed E-state index contributed by atoms with van der Waals surface area (Å²) in [5, 5.41) is 0. The first kappa shape index (κ1) is 19.0. The van der Waals surface area contributed by atoms with Crippen LogP contribution >= 0.6 is 0 Å². The van der Waals surface area contributed by atoms with Gasteiger partial charge in [0, 0.05) is 0 Å². The van der Waals surface area contributed by atoms with Crippen LogP contribution in [0.1, 0.15) is 58.4 Å². The molecule has 0 aliphatic carbocycles. The molecule has 0 saturated carbocycles. The van der Waals surface area contributed by atoms with Crippen LogP contribution in [0.4, 0.5) is 0 Å². The zero-order valence-corrected chi connectivity index (χ0v) is 14.7. The number of benzene rings is 1. The van der Waals surface area contributed by atoms with Gasteiger partial charge in [0.2, 0.25) is 0 Å². The largest absolute Gasteiger partial charge is 0.494 e. The van der Waals surface area contributed by atoms with Crippen molar-refractivity contribution in [2.45, 2.75) is 58.3 Å². The maximum absolute atomic E-state index is 10.6. The number of rotatable bonds is 10. The molecule has 0 spiro atoms. The van der Waals surface area contributed by atoms with Gasteiger partial charge in [-0.05, 0) is 36.0 Å². The maximum atomic E-state index is 10.6. The van der Waals surface area contributed by atoms with Gasteiger partial charge in [0.15, 0.2) is 0 Å². The predicted molar refractivity (Wildman–Crippen MR) is 90.1 cm³/mol. The first-order valence-electron chi connectivity index (χ1n) is 7.93. The average Bonchev–Trinajstić information content (AvgIpc) is 2.43. The van der Waals surface area contributed by atoms with Gasteiger partial charge >= 0.3 is 0 Å². The van der Waals surface area contributed by atoms with Gasteiger partial charge in [-0.2, -0.15) is 8.42 Å². The lowest BCUT2D eigenvalue weighted by molar-refractivity contribution is 0.315. The second kappa shape index (κ2) is 8.53. The second-order valence-electron chi connectivity index (χ2n) is 6.35. The van der Waals surface area contributed by atoms with E-state index in [0.29, 0.717) is 0 Å². The minimum absolute atomic E-state index is 0.151. The van der Waals surface area contributed by atoms with Crippen LogP contribution in [0.2, 0.25) is 0 Å². The van der Waals surface area contributed by atoms with Crippen LogP contribution in [-0.2, 0) is 15.5 Å². The van der Waals surface area contributed by atoms with Crippen molar-refractivity contribution in [1.29, 1.82) is 0 Å². The van der Waals surface area contributed by atoms with Gasteiger partial charge in [0.05, 0.1) is 12.4 Å². The Hall–Kier alpha value is -1.07. The molecule has 0 aliphatic heterocycles. The topological polar surface area (TPSA) is 63.6 Å². The van der Waals surface area contributed by atoms with E-state index >= 15 is 0 Å². The van der Waals surface area contributed by atoms with Crippen LogP contribution in [0, 0.1) is 0 Å². The molecule has 0 aliphatic rings. The molecular formula is C17H28O4S. The molecular weight excluding hydrogens is 300 g/mol. The minimum Gasteiger partial charge on any atom is -0.494 e. The van der Waals surface area contributed by atoms with Crippen LogP contribution in [0.15, 0.2) is 24.3 Å². The number of hydrogen-bond donors (Lipinski definition) is 1. The van der Waals surface area contributed by atoms with Gasteiger partial charge < -0.3 is 4.74 Å². The summed E-state index contributed by atoms with van der Waals surface area (Å²) >= 11 is 0. The summed E-state index contributed by atoms with van der Waals surface area (Å²) in [6, 6.07) is 7.99. The van der Waals surface area contributed by atoms with Gasteiger partial charge in [-0.3, -0.25) is 4.55 Å². The highest BCUT2D eigenvalue weighted by atomic mass is 32.2.